The molecular weight excluding hydrogens is 194 g/mol. The number of aryl methyl sites for hydroxylation is 2. The van der Waals surface area contributed by atoms with Crippen LogP contribution in [0.1, 0.15) is 42.4 Å². The first kappa shape index (κ1) is 11.7. The van der Waals surface area contributed by atoms with E-state index in [-0.39, 0.29) is 0 Å². The summed E-state index contributed by atoms with van der Waals surface area (Å²) in [6, 6.07) is 6.95. The summed E-state index contributed by atoms with van der Waals surface area (Å²) >= 11 is 0. The average Bonchev–Trinajstić information content (AvgIpc) is 3.02. The van der Waals surface area contributed by atoms with E-state index in [2.05, 4.69) is 44.3 Å². The van der Waals surface area contributed by atoms with Crippen LogP contribution in [-0.4, -0.2) is 13.1 Å². The number of rotatable bonds is 5. The predicted octanol–water partition coefficient (Wildman–Crippen LogP) is 3.41. The quantitative estimate of drug-likeness (QED) is 0.745. The third-order valence-electron chi connectivity index (χ3n) is 3.72. The van der Waals surface area contributed by atoms with Gasteiger partial charge < -0.3 is 5.32 Å². The lowest BCUT2D eigenvalue weighted by molar-refractivity contribution is 0.620. The highest BCUT2D eigenvalue weighted by molar-refractivity contribution is 5.34. The number of hydrogen-bond donors (Lipinski definition) is 1. The zero-order chi connectivity index (χ0) is 11.5. The molecule has 0 heterocycles. The van der Waals surface area contributed by atoms with Crippen molar-refractivity contribution in [2.24, 2.45) is 5.92 Å². The summed E-state index contributed by atoms with van der Waals surface area (Å²) in [4.78, 5) is 0. The van der Waals surface area contributed by atoms with Crippen molar-refractivity contribution in [1.82, 2.24) is 5.32 Å². The fourth-order valence-corrected chi connectivity index (χ4v) is 2.34. The molecule has 1 aromatic rings. The van der Waals surface area contributed by atoms with Gasteiger partial charge in [0, 0.05) is 0 Å². The molecule has 2 unspecified atom stereocenters. The van der Waals surface area contributed by atoms with Gasteiger partial charge in [0.1, 0.15) is 0 Å². The molecule has 88 valence electrons. The van der Waals surface area contributed by atoms with Crippen LogP contribution in [-0.2, 0) is 0 Å². The molecule has 1 saturated carbocycles. The van der Waals surface area contributed by atoms with Crippen molar-refractivity contribution in [1.29, 1.82) is 0 Å². The first-order chi connectivity index (χ1) is 7.72. The van der Waals surface area contributed by atoms with Crippen LogP contribution in [0, 0.1) is 19.8 Å². The summed E-state index contributed by atoms with van der Waals surface area (Å²) in [5.74, 6) is 1.71. The predicted molar refractivity (Wildman–Crippen MR) is 69.9 cm³/mol. The van der Waals surface area contributed by atoms with Gasteiger partial charge in [-0.2, -0.15) is 0 Å². The van der Waals surface area contributed by atoms with E-state index < -0.39 is 0 Å². The molecule has 0 aliphatic heterocycles. The van der Waals surface area contributed by atoms with E-state index in [0.29, 0.717) is 0 Å². The molecule has 16 heavy (non-hydrogen) atoms. The Morgan fingerprint density at radius 3 is 2.75 bits per heavy atom. The van der Waals surface area contributed by atoms with Crippen molar-refractivity contribution in [3.05, 3.63) is 34.9 Å². The molecule has 2 rings (SSSR count). The first-order valence-electron chi connectivity index (χ1n) is 6.50. The molecule has 2 atom stereocenters. The molecule has 0 bridgehead atoms. The van der Waals surface area contributed by atoms with Gasteiger partial charge in [0.05, 0.1) is 0 Å². The van der Waals surface area contributed by atoms with Crippen LogP contribution in [0.25, 0.3) is 0 Å². The minimum Gasteiger partial charge on any atom is -0.316 e. The molecule has 1 fully saturated rings. The molecule has 0 amide bonds. The van der Waals surface area contributed by atoms with Crippen LogP contribution >= 0.6 is 0 Å². The number of hydrogen-bond acceptors (Lipinski definition) is 1. The van der Waals surface area contributed by atoms with Gasteiger partial charge in [0.25, 0.3) is 0 Å². The smallest absolute Gasteiger partial charge is 0.00144 e. The summed E-state index contributed by atoms with van der Waals surface area (Å²) in [5, 5.41) is 3.52. The summed E-state index contributed by atoms with van der Waals surface area (Å²) in [6.07, 6.45) is 2.61. The zero-order valence-electron chi connectivity index (χ0n) is 10.7. The molecule has 0 spiro atoms. The molecule has 1 aromatic carbocycles. The van der Waals surface area contributed by atoms with Crippen LogP contribution in [0.5, 0.6) is 0 Å². The Morgan fingerprint density at radius 1 is 1.25 bits per heavy atom. The maximum absolute atomic E-state index is 3.52. The van der Waals surface area contributed by atoms with Crippen LogP contribution < -0.4 is 5.32 Å². The lowest BCUT2D eigenvalue weighted by Crippen LogP contribution is -2.17. The Hall–Kier alpha value is -0.820. The Bertz CT molecular complexity index is 356. The Balaban J connectivity index is 1.88. The van der Waals surface area contributed by atoms with Gasteiger partial charge in [-0.3, -0.25) is 0 Å². The Morgan fingerprint density at radius 2 is 2.06 bits per heavy atom. The lowest BCUT2D eigenvalue weighted by Gasteiger charge is -2.05. The topological polar surface area (TPSA) is 12.0 Å². The van der Waals surface area contributed by atoms with Crippen molar-refractivity contribution in [3.63, 3.8) is 0 Å². The van der Waals surface area contributed by atoms with Gasteiger partial charge in [0.2, 0.25) is 0 Å². The van der Waals surface area contributed by atoms with E-state index >= 15 is 0 Å². The van der Waals surface area contributed by atoms with E-state index in [0.717, 1.165) is 18.4 Å². The summed E-state index contributed by atoms with van der Waals surface area (Å²) in [7, 11) is 0. The van der Waals surface area contributed by atoms with Crippen molar-refractivity contribution < 1.29 is 0 Å². The monoisotopic (exact) mass is 217 g/mol. The average molecular weight is 217 g/mol. The SMILES string of the molecule is CCCNCC1CC1c1ccc(C)c(C)c1. The third kappa shape index (κ3) is 2.65. The van der Waals surface area contributed by atoms with Gasteiger partial charge in [-0.1, -0.05) is 25.1 Å². The summed E-state index contributed by atoms with van der Waals surface area (Å²) in [6.45, 7) is 8.99. The normalized spacial score (nSPS) is 23.4. The van der Waals surface area contributed by atoms with Crippen LogP contribution in [0.15, 0.2) is 18.2 Å². The maximum atomic E-state index is 3.52. The van der Waals surface area contributed by atoms with E-state index in [1.165, 1.54) is 30.5 Å². The van der Waals surface area contributed by atoms with Crippen molar-refractivity contribution >= 4 is 0 Å². The minimum absolute atomic E-state index is 0.823. The largest absolute Gasteiger partial charge is 0.316 e. The molecule has 1 N–H and O–H groups in total. The third-order valence-corrected chi connectivity index (χ3v) is 3.72. The highest BCUT2D eigenvalue weighted by atomic mass is 14.9. The maximum Gasteiger partial charge on any atom is -0.00144 e. The number of nitrogens with one attached hydrogen (secondary N) is 1. The number of benzene rings is 1. The molecule has 0 saturated heterocycles. The molecular formula is C15H23N. The molecule has 1 aliphatic rings. The molecule has 0 radical (unpaired) electrons. The van der Waals surface area contributed by atoms with Gasteiger partial charge in [0.15, 0.2) is 0 Å². The van der Waals surface area contributed by atoms with Crippen molar-refractivity contribution in [2.75, 3.05) is 13.1 Å². The molecule has 1 heteroatoms. The van der Waals surface area contributed by atoms with Gasteiger partial charge in [-0.05, 0) is 68.3 Å². The van der Waals surface area contributed by atoms with E-state index in [1.54, 1.807) is 5.56 Å². The van der Waals surface area contributed by atoms with Crippen LogP contribution in [0.3, 0.4) is 0 Å². The van der Waals surface area contributed by atoms with Gasteiger partial charge in [-0.25, -0.2) is 0 Å². The van der Waals surface area contributed by atoms with Crippen LogP contribution in [0.4, 0.5) is 0 Å². The highest BCUT2D eigenvalue weighted by Gasteiger charge is 2.37. The Labute approximate surface area is 99.3 Å². The lowest BCUT2D eigenvalue weighted by atomic mass is 10.0. The second-order valence-electron chi connectivity index (χ2n) is 5.15. The minimum atomic E-state index is 0.823. The molecule has 1 aliphatic carbocycles. The second-order valence-corrected chi connectivity index (χ2v) is 5.15. The standard InChI is InChI=1S/C15H23N/c1-4-7-16-10-14-9-15(14)13-6-5-11(2)12(3)8-13/h5-6,8,14-16H,4,7,9-10H2,1-3H3. The van der Waals surface area contributed by atoms with Crippen LogP contribution in [0.2, 0.25) is 0 Å². The first-order valence-corrected chi connectivity index (χ1v) is 6.50. The van der Waals surface area contributed by atoms with E-state index in [4.69, 9.17) is 0 Å². The zero-order valence-corrected chi connectivity index (χ0v) is 10.7. The van der Waals surface area contributed by atoms with E-state index in [1.807, 2.05) is 0 Å². The molecule has 1 nitrogen and oxygen atoms in total. The van der Waals surface area contributed by atoms with E-state index in [9.17, 15) is 0 Å². The van der Waals surface area contributed by atoms with Gasteiger partial charge in [-0.15, -0.1) is 0 Å². The van der Waals surface area contributed by atoms with Crippen molar-refractivity contribution in [2.45, 2.75) is 39.5 Å². The summed E-state index contributed by atoms with van der Waals surface area (Å²) < 4.78 is 0. The fourth-order valence-electron chi connectivity index (χ4n) is 2.34. The fraction of sp³-hybridized carbons (Fsp3) is 0.600. The van der Waals surface area contributed by atoms with Gasteiger partial charge >= 0.3 is 0 Å². The molecule has 0 aromatic heterocycles. The van der Waals surface area contributed by atoms with Crippen molar-refractivity contribution in [3.8, 4) is 0 Å². The highest BCUT2D eigenvalue weighted by Crippen LogP contribution is 2.47. The summed E-state index contributed by atoms with van der Waals surface area (Å²) in [5.41, 5.74) is 4.39. The Kier molecular flexibility index (Phi) is 3.65. The second kappa shape index (κ2) is 5.01.